The van der Waals surface area contributed by atoms with Gasteiger partial charge < -0.3 is 10.2 Å². The van der Waals surface area contributed by atoms with Crippen LogP contribution in [-0.4, -0.2) is 62.6 Å². The number of aromatic nitrogens is 3. The van der Waals surface area contributed by atoms with Gasteiger partial charge in [0.2, 0.25) is 5.91 Å². The number of rotatable bonds is 7. The lowest BCUT2D eigenvalue weighted by Gasteiger charge is -2.29. The Kier molecular flexibility index (Phi) is 6.67. The van der Waals surface area contributed by atoms with Gasteiger partial charge in [0.15, 0.2) is 5.69 Å². The summed E-state index contributed by atoms with van der Waals surface area (Å²) < 4.78 is 2.04. The molecule has 2 aliphatic heterocycles. The molecule has 8 heteroatoms. The first-order chi connectivity index (χ1) is 16.7. The van der Waals surface area contributed by atoms with Crippen molar-refractivity contribution in [2.24, 2.45) is 0 Å². The molecule has 4 heterocycles. The summed E-state index contributed by atoms with van der Waals surface area (Å²) >= 11 is 0. The number of nitrogens with zero attached hydrogens (tertiary/aromatic N) is 5. The molecule has 0 unspecified atom stereocenters. The van der Waals surface area contributed by atoms with Crippen molar-refractivity contribution < 1.29 is 9.59 Å². The van der Waals surface area contributed by atoms with Gasteiger partial charge in [-0.25, -0.2) is 0 Å². The van der Waals surface area contributed by atoms with Gasteiger partial charge in [-0.2, -0.15) is 5.10 Å². The SMILES string of the molecule is O=C1CN(C(=O)c2nn(CCCc3ccccc3)c3c2CN(Cc2cccnc2)CC3)CCN1. The zero-order chi connectivity index (χ0) is 23.3. The first-order valence-corrected chi connectivity index (χ1v) is 12.0. The van der Waals surface area contributed by atoms with E-state index in [4.69, 9.17) is 5.10 Å². The fraction of sp³-hybridized carbons (Fsp3) is 0.385. The quantitative estimate of drug-likeness (QED) is 0.586. The lowest BCUT2D eigenvalue weighted by Crippen LogP contribution is -2.50. The molecule has 1 N–H and O–H groups in total. The van der Waals surface area contributed by atoms with Crippen molar-refractivity contribution in [1.82, 2.24) is 29.9 Å². The second kappa shape index (κ2) is 10.2. The molecule has 5 rings (SSSR count). The third kappa shape index (κ3) is 5.02. The predicted octanol–water partition coefficient (Wildman–Crippen LogP) is 2.04. The van der Waals surface area contributed by atoms with Crippen LogP contribution in [0.25, 0.3) is 0 Å². The first-order valence-electron chi connectivity index (χ1n) is 12.0. The zero-order valence-corrected chi connectivity index (χ0v) is 19.3. The second-order valence-corrected chi connectivity index (χ2v) is 8.98. The van der Waals surface area contributed by atoms with E-state index in [1.807, 2.05) is 23.0 Å². The lowest BCUT2D eigenvalue weighted by atomic mass is 10.0. The van der Waals surface area contributed by atoms with Gasteiger partial charge in [-0.15, -0.1) is 0 Å². The molecule has 0 radical (unpaired) electrons. The number of hydrogen-bond acceptors (Lipinski definition) is 5. The summed E-state index contributed by atoms with van der Waals surface area (Å²) in [5.41, 5.74) is 5.12. The number of benzene rings is 1. The Labute approximate surface area is 199 Å². The van der Waals surface area contributed by atoms with Crippen molar-refractivity contribution in [2.75, 3.05) is 26.2 Å². The highest BCUT2D eigenvalue weighted by atomic mass is 16.2. The fourth-order valence-electron chi connectivity index (χ4n) is 4.83. The number of pyridine rings is 1. The van der Waals surface area contributed by atoms with E-state index >= 15 is 0 Å². The summed E-state index contributed by atoms with van der Waals surface area (Å²) in [6.07, 6.45) is 6.45. The Balaban J connectivity index is 1.37. The molecule has 0 atom stereocenters. The fourth-order valence-corrected chi connectivity index (χ4v) is 4.83. The summed E-state index contributed by atoms with van der Waals surface area (Å²) in [6.45, 7) is 4.22. The van der Waals surface area contributed by atoms with Gasteiger partial charge in [-0.1, -0.05) is 36.4 Å². The molecule has 0 aliphatic carbocycles. The highest BCUT2D eigenvalue weighted by Crippen LogP contribution is 2.26. The van der Waals surface area contributed by atoms with Gasteiger partial charge in [0, 0.05) is 69.3 Å². The minimum Gasteiger partial charge on any atom is -0.353 e. The van der Waals surface area contributed by atoms with E-state index in [0.717, 1.165) is 55.7 Å². The van der Waals surface area contributed by atoms with Crippen molar-refractivity contribution in [2.45, 2.75) is 38.9 Å². The third-order valence-electron chi connectivity index (χ3n) is 6.55. The number of amides is 2. The molecule has 2 aromatic heterocycles. The van der Waals surface area contributed by atoms with E-state index in [0.29, 0.717) is 25.3 Å². The third-order valence-corrected chi connectivity index (χ3v) is 6.55. The van der Waals surface area contributed by atoms with E-state index in [1.165, 1.54) is 5.56 Å². The van der Waals surface area contributed by atoms with Gasteiger partial charge in [-0.05, 0) is 30.0 Å². The van der Waals surface area contributed by atoms with Crippen molar-refractivity contribution in [3.8, 4) is 0 Å². The number of aryl methyl sites for hydroxylation is 2. The smallest absolute Gasteiger partial charge is 0.275 e. The maximum absolute atomic E-state index is 13.4. The van der Waals surface area contributed by atoms with Crippen LogP contribution in [0, 0.1) is 0 Å². The minimum atomic E-state index is -0.142. The number of hydrogen-bond donors (Lipinski definition) is 1. The van der Waals surface area contributed by atoms with Crippen LogP contribution in [0.4, 0.5) is 0 Å². The first kappa shape index (κ1) is 22.3. The summed E-state index contributed by atoms with van der Waals surface area (Å²) in [7, 11) is 0. The number of nitrogens with one attached hydrogen (secondary N) is 1. The lowest BCUT2D eigenvalue weighted by molar-refractivity contribution is -0.123. The van der Waals surface area contributed by atoms with Crippen LogP contribution in [0.1, 0.15) is 39.3 Å². The molecule has 0 spiro atoms. The zero-order valence-electron chi connectivity index (χ0n) is 19.3. The van der Waals surface area contributed by atoms with Crippen LogP contribution in [0.5, 0.6) is 0 Å². The van der Waals surface area contributed by atoms with Crippen LogP contribution in [0.3, 0.4) is 0 Å². The average Bonchev–Trinajstić information content (AvgIpc) is 3.22. The molecule has 2 aliphatic rings. The molecular formula is C26H30N6O2. The Morgan fingerprint density at radius 3 is 2.68 bits per heavy atom. The summed E-state index contributed by atoms with van der Waals surface area (Å²) in [5.74, 6) is -0.259. The van der Waals surface area contributed by atoms with Gasteiger partial charge in [0.25, 0.3) is 5.91 Å². The van der Waals surface area contributed by atoms with E-state index in [2.05, 4.69) is 45.5 Å². The Hall–Kier alpha value is -3.52. The van der Waals surface area contributed by atoms with Crippen molar-refractivity contribution in [1.29, 1.82) is 0 Å². The summed E-state index contributed by atoms with van der Waals surface area (Å²) in [6, 6.07) is 14.5. The van der Waals surface area contributed by atoms with Crippen molar-refractivity contribution in [3.63, 3.8) is 0 Å². The Bertz CT molecular complexity index is 1140. The normalized spacial score (nSPS) is 16.2. The van der Waals surface area contributed by atoms with Gasteiger partial charge >= 0.3 is 0 Å². The highest BCUT2D eigenvalue weighted by Gasteiger charge is 2.32. The minimum absolute atomic E-state index is 0.0911. The number of piperazine rings is 1. The van der Waals surface area contributed by atoms with E-state index in [9.17, 15) is 9.59 Å². The van der Waals surface area contributed by atoms with Crippen LogP contribution in [-0.2, 0) is 37.3 Å². The second-order valence-electron chi connectivity index (χ2n) is 8.98. The molecule has 1 aromatic carbocycles. The van der Waals surface area contributed by atoms with Crippen LogP contribution in [0.2, 0.25) is 0 Å². The van der Waals surface area contributed by atoms with Crippen LogP contribution < -0.4 is 5.32 Å². The predicted molar refractivity (Wildman–Crippen MR) is 128 cm³/mol. The molecule has 3 aromatic rings. The summed E-state index contributed by atoms with van der Waals surface area (Å²) in [5, 5.41) is 7.61. The largest absolute Gasteiger partial charge is 0.353 e. The van der Waals surface area contributed by atoms with Crippen molar-refractivity contribution >= 4 is 11.8 Å². The topological polar surface area (TPSA) is 83.4 Å². The van der Waals surface area contributed by atoms with Crippen molar-refractivity contribution in [3.05, 3.63) is 82.9 Å². The van der Waals surface area contributed by atoms with Gasteiger partial charge in [0.1, 0.15) is 0 Å². The molecule has 2 amide bonds. The molecule has 0 bridgehead atoms. The maximum Gasteiger partial charge on any atom is 0.275 e. The van der Waals surface area contributed by atoms with E-state index in [-0.39, 0.29) is 18.4 Å². The Morgan fingerprint density at radius 1 is 1.03 bits per heavy atom. The average molecular weight is 459 g/mol. The van der Waals surface area contributed by atoms with Gasteiger partial charge in [0.05, 0.1) is 6.54 Å². The van der Waals surface area contributed by atoms with Crippen LogP contribution >= 0.6 is 0 Å². The molecule has 0 saturated carbocycles. The number of fused-ring (bicyclic) bond motifs is 1. The number of carbonyl (C=O) groups is 2. The highest BCUT2D eigenvalue weighted by molar-refractivity contribution is 5.97. The maximum atomic E-state index is 13.4. The standard InChI is InChI=1S/C26H30N6O2/c33-24-19-31(15-12-28-24)26(34)25-22-18-30(17-21-8-4-11-27-16-21)14-10-23(22)32(29-25)13-5-9-20-6-2-1-3-7-20/h1-4,6-8,11,16H,5,9-10,12-15,17-19H2,(H,28,33). The molecule has 176 valence electrons. The number of carbonyl (C=O) groups excluding carboxylic acids is 2. The van der Waals surface area contributed by atoms with Gasteiger partial charge in [-0.3, -0.25) is 24.2 Å². The Morgan fingerprint density at radius 2 is 1.88 bits per heavy atom. The molecule has 1 fully saturated rings. The van der Waals surface area contributed by atoms with E-state index in [1.54, 1.807) is 11.1 Å². The van der Waals surface area contributed by atoms with E-state index < -0.39 is 0 Å². The van der Waals surface area contributed by atoms with Crippen LogP contribution in [0.15, 0.2) is 54.9 Å². The molecular weight excluding hydrogens is 428 g/mol. The molecule has 1 saturated heterocycles. The molecule has 8 nitrogen and oxygen atoms in total. The monoisotopic (exact) mass is 458 g/mol. The molecule has 34 heavy (non-hydrogen) atoms. The summed E-state index contributed by atoms with van der Waals surface area (Å²) in [4.78, 5) is 33.5.